The molecule has 0 bridgehead atoms. The Morgan fingerprint density at radius 1 is 1.33 bits per heavy atom. The molecule has 9 heteroatoms. The Morgan fingerprint density at radius 2 is 2.04 bits per heavy atom. The third-order valence-electron chi connectivity index (χ3n) is 4.78. The highest BCUT2D eigenvalue weighted by atomic mass is 19.3. The molecule has 27 heavy (non-hydrogen) atoms. The SMILES string of the molecule is Cc1cc(F)ccc1C1C(=O)NCCN1C(=O)c1c(C(F)F)nn(C)c1C. The molecule has 1 atom stereocenters. The van der Waals surface area contributed by atoms with Crippen LogP contribution in [-0.2, 0) is 11.8 Å². The van der Waals surface area contributed by atoms with E-state index in [9.17, 15) is 22.8 Å². The summed E-state index contributed by atoms with van der Waals surface area (Å²) in [6.45, 7) is 3.49. The van der Waals surface area contributed by atoms with Gasteiger partial charge >= 0.3 is 0 Å². The lowest BCUT2D eigenvalue weighted by Crippen LogP contribution is -2.52. The Labute approximate surface area is 154 Å². The first-order valence-corrected chi connectivity index (χ1v) is 8.38. The van der Waals surface area contributed by atoms with Crippen molar-refractivity contribution in [2.75, 3.05) is 13.1 Å². The molecule has 2 heterocycles. The number of halogens is 3. The number of amides is 2. The molecule has 3 rings (SSSR count). The molecular weight excluding hydrogens is 361 g/mol. The summed E-state index contributed by atoms with van der Waals surface area (Å²) in [7, 11) is 1.47. The molecule has 0 aliphatic carbocycles. The molecule has 1 aliphatic heterocycles. The van der Waals surface area contributed by atoms with Crippen molar-refractivity contribution in [2.24, 2.45) is 7.05 Å². The summed E-state index contributed by atoms with van der Waals surface area (Å²) in [5, 5.41) is 6.41. The number of alkyl halides is 2. The number of hydrogen-bond acceptors (Lipinski definition) is 3. The molecule has 1 aliphatic rings. The van der Waals surface area contributed by atoms with Crippen LogP contribution in [0.1, 0.15) is 45.3 Å². The van der Waals surface area contributed by atoms with Crippen molar-refractivity contribution >= 4 is 11.8 Å². The van der Waals surface area contributed by atoms with Gasteiger partial charge in [-0.25, -0.2) is 13.2 Å². The van der Waals surface area contributed by atoms with Crippen LogP contribution in [-0.4, -0.2) is 39.6 Å². The van der Waals surface area contributed by atoms with Crippen molar-refractivity contribution in [3.05, 3.63) is 52.1 Å². The molecule has 1 N–H and O–H groups in total. The summed E-state index contributed by atoms with van der Waals surface area (Å²) in [4.78, 5) is 26.9. The van der Waals surface area contributed by atoms with Crippen molar-refractivity contribution in [3.63, 3.8) is 0 Å². The number of benzene rings is 1. The van der Waals surface area contributed by atoms with Gasteiger partial charge in [0, 0.05) is 25.8 Å². The van der Waals surface area contributed by atoms with Crippen LogP contribution in [0.4, 0.5) is 13.2 Å². The van der Waals surface area contributed by atoms with E-state index in [1.807, 2.05) is 0 Å². The summed E-state index contributed by atoms with van der Waals surface area (Å²) in [6.07, 6.45) is -2.92. The maximum atomic E-state index is 13.5. The number of carbonyl (C=O) groups excluding carboxylic acids is 2. The van der Waals surface area contributed by atoms with E-state index in [-0.39, 0.29) is 24.3 Å². The number of aryl methyl sites for hydroxylation is 2. The van der Waals surface area contributed by atoms with Gasteiger partial charge in [-0.05, 0) is 37.1 Å². The number of nitrogens with zero attached hydrogens (tertiary/aromatic N) is 3. The highest BCUT2D eigenvalue weighted by Gasteiger charge is 2.38. The van der Waals surface area contributed by atoms with Gasteiger partial charge in [-0.15, -0.1) is 0 Å². The van der Waals surface area contributed by atoms with Crippen LogP contribution in [0.2, 0.25) is 0 Å². The van der Waals surface area contributed by atoms with Gasteiger partial charge in [-0.1, -0.05) is 6.07 Å². The molecule has 2 amide bonds. The minimum absolute atomic E-state index is 0.142. The number of piperazine rings is 1. The van der Waals surface area contributed by atoms with E-state index < -0.39 is 35.8 Å². The Hall–Kier alpha value is -2.84. The van der Waals surface area contributed by atoms with E-state index in [0.29, 0.717) is 11.1 Å². The van der Waals surface area contributed by atoms with E-state index >= 15 is 0 Å². The zero-order chi connectivity index (χ0) is 19.9. The quantitative estimate of drug-likeness (QED) is 0.889. The highest BCUT2D eigenvalue weighted by molar-refractivity contribution is 6.00. The number of rotatable bonds is 3. The molecule has 1 aromatic heterocycles. The largest absolute Gasteiger partial charge is 0.352 e. The van der Waals surface area contributed by atoms with Crippen molar-refractivity contribution in [3.8, 4) is 0 Å². The maximum absolute atomic E-state index is 13.5. The van der Waals surface area contributed by atoms with E-state index in [4.69, 9.17) is 0 Å². The van der Waals surface area contributed by atoms with Crippen molar-refractivity contribution in [1.29, 1.82) is 0 Å². The Bertz CT molecular complexity index is 910. The smallest absolute Gasteiger partial charge is 0.282 e. The lowest BCUT2D eigenvalue weighted by molar-refractivity contribution is -0.128. The normalized spacial score (nSPS) is 17.4. The van der Waals surface area contributed by atoms with Gasteiger partial charge < -0.3 is 10.2 Å². The van der Waals surface area contributed by atoms with Crippen LogP contribution in [0.5, 0.6) is 0 Å². The molecule has 0 spiro atoms. The summed E-state index contributed by atoms with van der Waals surface area (Å²) in [5.74, 6) is -1.60. The third kappa shape index (κ3) is 3.29. The van der Waals surface area contributed by atoms with Crippen LogP contribution in [0.15, 0.2) is 18.2 Å². The number of hydrogen-bond donors (Lipinski definition) is 1. The van der Waals surface area contributed by atoms with Gasteiger partial charge in [0.15, 0.2) is 0 Å². The van der Waals surface area contributed by atoms with Crippen molar-refractivity contribution in [2.45, 2.75) is 26.3 Å². The summed E-state index contributed by atoms with van der Waals surface area (Å²) in [5.41, 5.74) is 0.414. The maximum Gasteiger partial charge on any atom is 0.282 e. The Balaban J connectivity index is 2.08. The molecule has 1 unspecified atom stereocenters. The first-order valence-electron chi connectivity index (χ1n) is 8.38. The molecular formula is C18H19F3N4O2. The second-order valence-corrected chi connectivity index (χ2v) is 6.46. The predicted octanol–water partition coefficient (Wildman–Crippen LogP) is 2.43. The second kappa shape index (κ2) is 7.05. The van der Waals surface area contributed by atoms with E-state index in [1.165, 1.54) is 41.8 Å². The van der Waals surface area contributed by atoms with Gasteiger partial charge in [0.05, 0.1) is 5.56 Å². The first kappa shape index (κ1) is 18.9. The van der Waals surface area contributed by atoms with E-state index in [2.05, 4.69) is 10.4 Å². The number of nitrogens with one attached hydrogen (secondary N) is 1. The minimum atomic E-state index is -2.92. The second-order valence-electron chi connectivity index (χ2n) is 6.46. The molecule has 1 saturated heterocycles. The number of aromatic nitrogens is 2. The monoisotopic (exact) mass is 380 g/mol. The summed E-state index contributed by atoms with van der Waals surface area (Å²) < 4.78 is 41.4. The molecule has 2 aromatic rings. The minimum Gasteiger partial charge on any atom is -0.352 e. The van der Waals surface area contributed by atoms with Gasteiger partial charge in [0.25, 0.3) is 12.3 Å². The Kier molecular flexibility index (Phi) is 4.95. The van der Waals surface area contributed by atoms with Gasteiger partial charge in [0.1, 0.15) is 17.6 Å². The summed E-state index contributed by atoms with van der Waals surface area (Å²) in [6, 6.07) is 2.87. The first-order chi connectivity index (χ1) is 12.7. The molecule has 144 valence electrons. The van der Waals surface area contributed by atoms with Gasteiger partial charge in [-0.2, -0.15) is 5.10 Å². The zero-order valence-corrected chi connectivity index (χ0v) is 15.1. The van der Waals surface area contributed by atoms with Crippen LogP contribution in [0.3, 0.4) is 0 Å². The van der Waals surface area contributed by atoms with Crippen LogP contribution in [0, 0.1) is 19.7 Å². The fraction of sp³-hybridized carbons (Fsp3) is 0.389. The summed E-state index contributed by atoms with van der Waals surface area (Å²) >= 11 is 0. The fourth-order valence-electron chi connectivity index (χ4n) is 3.34. The van der Waals surface area contributed by atoms with E-state index in [0.717, 1.165) is 0 Å². The Morgan fingerprint density at radius 3 is 2.67 bits per heavy atom. The van der Waals surface area contributed by atoms with Crippen molar-refractivity contribution < 1.29 is 22.8 Å². The lowest BCUT2D eigenvalue weighted by atomic mass is 9.96. The van der Waals surface area contributed by atoms with Crippen molar-refractivity contribution in [1.82, 2.24) is 20.0 Å². The van der Waals surface area contributed by atoms with E-state index in [1.54, 1.807) is 6.92 Å². The van der Waals surface area contributed by atoms with Gasteiger partial charge in [0.2, 0.25) is 5.91 Å². The molecule has 6 nitrogen and oxygen atoms in total. The predicted molar refractivity (Wildman–Crippen MR) is 90.8 cm³/mol. The molecule has 0 saturated carbocycles. The van der Waals surface area contributed by atoms with Gasteiger partial charge in [-0.3, -0.25) is 14.3 Å². The zero-order valence-electron chi connectivity index (χ0n) is 15.1. The highest BCUT2D eigenvalue weighted by Crippen LogP contribution is 2.31. The number of carbonyl (C=O) groups is 2. The third-order valence-corrected chi connectivity index (χ3v) is 4.78. The average molecular weight is 380 g/mol. The lowest BCUT2D eigenvalue weighted by Gasteiger charge is -2.36. The molecule has 0 radical (unpaired) electrons. The molecule has 1 fully saturated rings. The standard InChI is InChI=1S/C18H19F3N4O2/c1-9-8-11(19)4-5-12(9)15-17(26)22-6-7-25(15)18(27)13-10(2)24(3)23-14(13)16(20)21/h4-5,8,15-16H,6-7H2,1-3H3,(H,22,26). The molecule has 1 aromatic carbocycles. The van der Waals surface area contributed by atoms with Crippen LogP contribution < -0.4 is 5.32 Å². The topological polar surface area (TPSA) is 67.2 Å². The van der Waals surface area contributed by atoms with Crippen LogP contribution in [0.25, 0.3) is 0 Å². The average Bonchev–Trinajstić information content (AvgIpc) is 2.90. The van der Waals surface area contributed by atoms with Crippen LogP contribution >= 0.6 is 0 Å². The fourth-order valence-corrected chi connectivity index (χ4v) is 3.34.